The summed E-state index contributed by atoms with van der Waals surface area (Å²) in [5.74, 6) is 0.426. The molecule has 0 aliphatic heterocycles. The van der Waals surface area contributed by atoms with Gasteiger partial charge in [0.15, 0.2) is 5.11 Å². The molecular formula is C25H17ClN4OS. The van der Waals surface area contributed by atoms with E-state index in [2.05, 4.69) is 20.6 Å². The third kappa shape index (κ3) is 4.06. The Morgan fingerprint density at radius 1 is 0.906 bits per heavy atom. The van der Waals surface area contributed by atoms with E-state index < -0.39 is 0 Å². The molecule has 32 heavy (non-hydrogen) atoms. The summed E-state index contributed by atoms with van der Waals surface area (Å²) in [4.78, 5) is 20.6. The lowest BCUT2D eigenvalue weighted by molar-refractivity contribution is 0.0978. The zero-order valence-electron chi connectivity index (χ0n) is 16.7. The summed E-state index contributed by atoms with van der Waals surface area (Å²) in [6.45, 7) is 0. The lowest BCUT2D eigenvalue weighted by Crippen LogP contribution is -2.34. The Hall–Kier alpha value is -3.74. The molecule has 5 nitrogen and oxygen atoms in total. The second kappa shape index (κ2) is 8.42. The average Bonchev–Trinajstić information content (AvgIpc) is 3.24. The molecule has 0 spiro atoms. The largest absolute Gasteiger partial charge is 0.338 e. The zero-order valence-corrected chi connectivity index (χ0v) is 18.3. The predicted octanol–water partition coefficient (Wildman–Crippen LogP) is 6.16. The molecule has 0 unspecified atom stereocenters. The highest BCUT2D eigenvalue weighted by Gasteiger charge is 2.12. The number of anilines is 1. The molecule has 0 aliphatic rings. The van der Waals surface area contributed by atoms with Crippen LogP contribution in [0.5, 0.6) is 0 Å². The Balaban J connectivity index is 1.34. The number of carbonyl (C=O) groups is 1. The number of hydrogen-bond donors (Lipinski definition) is 3. The Bertz CT molecular complexity index is 1460. The molecular weight excluding hydrogens is 440 g/mol. The van der Waals surface area contributed by atoms with Crippen LogP contribution in [0.3, 0.4) is 0 Å². The number of rotatable bonds is 3. The van der Waals surface area contributed by atoms with Crippen LogP contribution >= 0.6 is 23.8 Å². The molecule has 3 N–H and O–H groups in total. The Kier molecular flexibility index (Phi) is 5.31. The van der Waals surface area contributed by atoms with Crippen LogP contribution in [0.4, 0.5) is 5.69 Å². The fourth-order valence-corrected chi connectivity index (χ4v) is 3.88. The van der Waals surface area contributed by atoms with E-state index in [1.54, 1.807) is 12.1 Å². The van der Waals surface area contributed by atoms with Crippen LogP contribution in [0, 0.1) is 0 Å². The highest BCUT2D eigenvalue weighted by atomic mass is 35.5. The molecule has 156 valence electrons. The van der Waals surface area contributed by atoms with Crippen molar-refractivity contribution in [2.45, 2.75) is 0 Å². The number of thiocarbonyl (C=S) groups is 1. The molecule has 5 aromatic rings. The topological polar surface area (TPSA) is 69.8 Å². The Morgan fingerprint density at radius 3 is 2.53 bits per heavy atom. The van der Waals surface area contributed by atoms with Gasteiger partial charge in [-0.1, -0.05) is 54.1 Å². The number of amides is 1. The maximum atomic E-state index is 12.7. The summed E-state index contributed by atoms with van der Waals surface area (Å²) >= 11 is 11.7. The number of para-hydroxylation sites is 2. The number of halogens is 1. The summed E-state index contributed by atoms with van der Waals surface area (Å²) in [6.07, 6.45) is 0. The molecule has 4 aromatic carbocycles. The van der Waals surface area contributed by atoms with Crippen molar-refractivity contribution in [3.05, 3.63) is 95.5 Å². The number of aromatic amines is 1. The van der Waals surface area contributed by atoms with Gasteiger partial charge in [-0.05, 0) is 65.5 Å². The number of benzene rings is 4. The molecule has 1 amide bonds. The fourth-order valence-electron chi connectivity index (χ4n) is 3.52. The van der Waals surface area contributed by atoms with E-state index in [1.165, 1.54) is 0 Å². The first-order valence-corrected chi connectivity index (χ1v) is 10.7. The van der Waals surface area contributed by atoms with Gasteiger partial charge >= 0.3 is 0 Å². The summed E-state index contributed by atoms with van der Waals surface area (Å²) in [5.41, 5.74) is 3.77. The molecule has 1 heterocycles. The Labute approximate surface area is 194 Å². The minimum absolute atomic E-state index is 0.159. The minimum Gasteiger partial charge on any atom is -0.338 e. The molecule has 7 heteroatoms. The standard InChI is InChI=1S/C25H17ClN4OS/c26-19-12-11-17(23-27-20-7-3-4-8-21(20)28-23)14-22(19)29-25(32)30-24(31)18-10-9-15-5-1-2-6-16(15)13-18/h1-14H,(H,27,28)(H2,29,30,31,32). The lowest BCUT2D eigenvalue weighted by atomic mass is 10.1. The first-order valence-electron chi connectivity index (χ1n) is 9.93. The van der Waals surface area contributed by atoms with E-state index in [0.717, 1.165) is 33.2 Å². The van der Waals surface area contributed by atoms with Crippen molar-refractivity contribution in [2.24, 2.45) is 0 Å². The molecule has 0 saturated carbocycles. The van der Waals surface area contributed by atoms with Crippen LogP contribution in [0.1, 0.15) is 10.4 Å². The molecule has 5 rings (SSSR count). The van der Waals surface area contributed by atoms with Gasteiger partial charge in [0.1, 0.15) is 5.82 Å². The summed E-state index contributed by atoms with van der Waals surface area (Å²) in [7, 11) is 0. The highest BCUT2D eigenvalue weighted by molar-refractivity contribution is 7.80. The third-order valence-corrected chi connectivity index (χ3v) is 5.65. The van der Waals surface area contributed by atoms with Crippen molar-refractivity contribution in [3.8, 4) is 11.4 Å². The lowest BCUT2D eigenvalue weighted by Gasteiger charge is -2.12. The van der Waals surface area contributed by atoms with Gasteiger partial charge in [0, 0.05) is 11.1 Å². The number of aromatic nitrogens is 2. The van der Waals surface area contributed by atoms with Gasteiger partial charge in [0.05, 0.1) is 21.7 Å². The van der Waals surface area contributed by atoms with Gasteiger partial charge in [-0.2, -0.15) is 0 Å². The molecule has 0 atom stereocenters. The van der Waals surface area contributed by atoms with E-state index in [9.17, 15) is 4.79 Å². The molecule has 1 aromatic heterocycles. The summed E-state index contributed by atoms with van der Waals surface area (Å²) < 4.78 is 0. The maximum Gasteiger partial charge on any atom is 0.257 e. The second-order valence-corrected chi connectivity index (χ2v) is 8.08. The molecule has 0 saturated heterocycles. The number of carbonyl (C=O) groups excluding carboxylic acids is 1. The van der Waals surface area contributed by atoms with Gasteiger partial charge in [-0.15, -0.1) is 0 Å². The van der Waals surface area contributed by atoms with Crippen molar-refractivity contribution in [3.63, 3.8) is 0 Å². The summed E-state index contributed by atoms with van der Waals surface area (Å²) in [5, 5.41) is 8.43. The van der Waals surface area contributed by atoms with E-state index in [-0.39, 0.29) is 11.0 Å². The van der Waals surface area contributed by atoms with Crippen molar-refractivity contribution in [1.29, 1.82) is 0 Å². The van der Waals surface area contributed by atoms with Crippen molar-refractivity contribution < 1.29 is 4.79 Å². The second-order valence-electron chi connectivity index (χ2n) is 7.27. The molecule has 0 radical (unpaired) electrons. The average molecular weight is 457 g/mol. The van der Waals surface area contributed by atoms with Crippen LogP contribution in [-0.4, -0.2) is 21.0 Å². The molecule has 0 aliphatic carbocycles. The van der Waals surface area contributed by atoms with Crippen molar-refractivity contribution in [2.75, 3.05) is 5.32 Å². The third-order valence-electron chi connectivity index (χ3n) is 5.12. The van der Waals surface area contributed by atoms with Crippen LogP contribution in [0.15, 0.2) is 84.9 Å². The quantitative estimate of drug-likeness (QED) is 0.284. The van der Waals surface area contributed by atoms with E-state index >= 15 is 0 Å². The van der Waals surface area contributed by atoms with E-state index in [4.69, 9.17) is 23.8 Å². The first-order chi connectivity index (χ1) is 15.6. The van der Waals surface area contributed by atoms with E-state index in [1.807, 2.05) is 72.8 Å². The highest BCUT2D eigenvalue weighted by Crippen LogP contribution is 2.28. The van der Waals surface area contributed by atoms with Crippen LogP contribution in [-0.2, 0) is 0 Å². The number of H-pyrrole nitrogens is 1. The smallest absolute Gasteiger partial charge is 0.257 e. The van der Waals surface area contributed by atoms with E-state index in [0.29, 0.717) is 16.3 Å². The van der Waals surface area contributed by atoms with Crippen molar-refractivity contribution >= 4 is 62.3 Å². The number of nitrogens with zero attached hydrogens (tertiary/aromatic N) is 1. The predicted molar refractivity (Wildman–Crippen MR) is 134 cm³/mol. The van der Waals surface area contributed by atoms with Crippen LogP contribution < -0.4 is 10.6 Å². The normalized spacial score (nSPS) is 10.9. The number of imidazole rings is 1. The maximum absolute atomic E-state index is 12.7. The minimum atomic E-state index is -0.294. The van der Waals surface area contributed by atoms with Gasteiger partial charge in [-0.3, -0.25) is 10.1 Å². The summed E-state index contributed by atoms with van der Waals surface area (Å²) in [6, 6.07) is 26.7. The van der Waals surface area contributed by atoms with Crippen LogP contribution in [0.25, 0.3) is 33.2 Å². The zero-order chi connectivity index (χ0) is 22.1. The van der Waals surface area contributed by atoms with Crippen molar-refractivity contribution in [1.82, 2.24) is 15.3 Å². The molecule has 0 fully saturated rings. The van der Waals surface area contributed by atoms with Gasteiger partial charge in [-0.25, -0.2) is 4.98 Å². The number of hydrogen-bond acceptors (Lipinski definition) is 3. The SMILES string of the molecule is O=C(NC(=S)Nc1cc(-c2nc3ccccc3[nH]2)ccc1Cl)c1ccc2ccccc2c1. The number of fused-ring (bicyclic) bond motifs is 2. The van der Waals surface area contributed by atoms with Crippen LogP contribution in [0.2, 0.25) is 5.02 Å². The number of nitrogens with one attached hydrogen (secondary N) is 3. The first kappa shape index (κ1) is 20.2. The van der Waals surface area contributed by atoms with Gasteiger partial charge in [0.2, 0.25) is 0 Å². The van der Waals surface area contributed by atoms with Gasteiger partial charge < -0.3 is 10.3 Å². The monoisotopic (exact) mass is 456 g/mol. The van der Waals surface area contributed by atoms with Gasteiger partial charge in [0.25, 0.3) is 5.91 Å². The molecule has 0 bridgehead atoms. The fraction of sp³-hybridized carbons (Fsp3) is 0. The Morgan fingerprint density at radius 2 is 1.69 bits per heavy atom.